The summed E-state index contributed by atoms with van der Waals surface area (Å²) in [6.45, 7) is 4.83. The Morgan fingerprint density at radius 2 is 1.70 bits per heavy atom. The largest absolute Gasteiger partial charge is 0.311 e. The minimum Gasteiger partial charge on any atom is -0.311 e. The van der Waals surface area contributed by atoms with Gasteiger partial charge >= 0.3 is 0 Å². The highest BCUT2D eigenvalue weighted by atomic mass is 79.9. The van der Waals surface area contributed by atoms with Crippen LogP contribution in [0.15, 0.2) is 28.7 Å². The van der Waals surface area contributed by atoms with Crippen molar-refractivity contribution in [3.05, 3.63) is 34.3 Å². The van der Waals surface area contributed by atoms with Crippen LogP contribution in [0.5, 0.6) is 0 Å². The lowest BCUT2D eigenvalue weighted by molar-refractivity contribution is 0.176. The Kier molecular flexibility index (Phi) is 4.52. The molecule has 20 heavy (non-hydrogen) atoms. The Labute approximate surface area is 131 Å². The highest BCUT2D eigenvalue weighted by molar-refractivity contribution is 9.10. The number of nitrogens with one attached hydrogen (secondary N) is 1. The fraction of sp³-hybridized carbons (Fsp3) is 0.667. The molecule has 0 heterocycles. The molecule has 0 spiro atoms. The SMILES string of the molecule is CC1CCC(NC2CC(c3ccc(Br)cc3)C2)C(C)C1. The van der Waals surface area contributed by atoms with Crippen LogP contribution in [0.3, 0.4) is 0 Å². The van der Waals surface area contributed by atoms with Crippen molar-refractivity contribution in [3.8, 4) is 0 Å². The van der Waals surface area contributed by atoms with E-state index in [1.54, 1.807) is 0 Å². The first kappa shape index (κ1) is 14.6. The normalized spacial score (nSPS) is 37.5. The third-order valence-electron chi connectivity index (χ3n) is 5.36. The maximum atomic E-state index is 3.93. The van der Waals surface area contributed by atoms with Gasteiger partial charge in [0, 0.05) is 16.6 Å². The van der Waals surface area contributed by atoms with Gasteiger partial charge in [-0.25, -0.2) is 0 Å². The zero-order valence-corrected chi connectivity index (χ0v) is 14.2. The predicted molar refractivity (Wildman–Crippen MR) is 89.0 cm³/mol. The second-order valence-electron chi connectivity index (χ2n) is 7.09. The first-order valence-electron chi connectivity index (χ1n) is 8.13. The van der Waals surface area contributed by atoms with Crippen molar-refractivity contribution in [2.45, 2.75) is 64.0 Å². The van der Waals surface area contributed by atoms with Gasteiger partial charge in [-0.15, -0.1) is 0 Å². The van der Waals surface area contributed by atoms with Crippen LogP contribution in [-0.4, -0.2) is 12.1 Å². The van der Waals surface area contributed by atoms with Gasteiger partial charge in [0.2, 0.25) is 0 Å². The molecule has 3 rings (SSSR count). The summed E-state index contributed by atoms with van der Waals surface area (Å²) >= 11 is 3.51. The average Bonchev–Trinajstić information content (AvgIpc) is 2.37. The minimum absolute atomic E-state index is 0.754. The van der Waals surface area contributed by atoms with Crippen molar-refractivity contribution in [2.24, 2.45) is 11.8 Å². The van der Waals surface area contributed by atoms with Crippen LogP contribution in [0.25, 0.3) is 0 Å². The smallest absolute Gasteiger partial charge is 0.0175 e. The summed E-state index contributed by atoms with van der Waals surface area (Å²) in [5.41, 5.74) is 1.51. The molecule has 2 fully saturated rings. The quantitative estimate of drug-likeness (QED) is 0.809. The summed E-state index contributed by atoms with van der Waals surface area (Å²) in [6, 6.07) is 10.4. The summed E-state index contributed by atoms with van der Waals surface area (Å²) in [5.74, 6) is 2.56. The first-order valence-corrected chi connectivity index (χ1v) is 8.92. The Balaban J connectivity index is 1.47. The molecule has 0 aliphatic heterocycles. The monoisotopic (exact) mass is 335 g/mol. The molecule has 0 saturated heterocycles. The van der Waals surface area contributed by atoms with Gasteiger partial charge in [0.15, 0.2) is 0 Å². The van der Waals surface area contributed by atoms with Crippen LogP contribution >= 0.6 is 15.9 Å². The molecule has 2 aliphatic rings. The van der Waals surface area contributed by atoms with E-state index in [2.05, 4.69) is 59.4 Å². The van der Waals surface area contributed by atoms with Crippen LogP contribution in [0.1, 0.15) is 57.4 Å². The molecular formula is C18H26BrN. The maximum Gasteiger partial charge on any atom is 0.0175 e. The summed E-state index contributed by atoms with van der Waals surface area (Å²) < 4.78 is 1.18. The van der Waals surface area contributed by atoms with Gasteiger partial charge in [-0.3, -0.25) is 0 Å². The van der Waals surface area contributed by atoms with Gasteiger partial charge in [0.25, 0.3) is 0 Å². The molecule has 1 N–H and O–H groups in total. The van der Waals surface area contributed by atoms with E-state index in [-0.39, 0.29) is 0 Å². The molecule has 0 bridgehead atoms. The Hall–Kier alpha value is -0.340. The standard InChI is InChI=1S/C18H26BrN/c1-12-3-8-18(13(2)9-12)20-17-10-15(11-17)14-4-6-16(19)7-5-14/h4-7,12-13,15,17-18,20H,3,8-11H2,1-2H3. The minimum atomic E-state index is 0.754. The van der Waals surface area contributed by atoms with E-state index in [1.165, 1.54) is 42.1 Å². The second-order valence-corrected chi connectivity index (χ2v) is 8.00. The lowest BCUT2D eigenvalue weighted by Gasteiger charge is -2.42. The Bertz CT molecular complexity index is 435. The van der Waals surface area contributed by atoms with Crippen molar-refractivity contribution in [1.29, 1.82) is 0 Å². The van der Waals surface area contributed by atoms with Crippen LogP contribution in [0.4, 0.5) is 0 Å². The van der Waals surface area contributed by atoms with E-state index < -0.39 is 0 Å². The lowest BCUT2D eigenvalue weighted by atomic mass is 9.74. The summed E-state index contributed by atoms with van der Waals surface area (Å²) in [5, 5.41) is 3.93. The van der Waals surface area contributed by atoms with Gasteiger partial charge < -0.3 is 5.32 Å². The van der Waals surface area contributed by atoms with Crippen LogP contribution in [-0.2, 0) is 0 Å². The molecule has 0 amide bonds. The van der Waals surface area contributed by atoms with E-state index >= 15 is 0 Å². The Morgan fingerprint density at radius 1 is 1.00 bits per heavy atom. The molecule has 1 aromatic rings. The number of halogens is 1. The van der Waals surface area contributed by atoms with Crippen molar-refractivity contribution < 1.29 is 0 Å². The first-order chi connectivity index (χ1) is 9.61. The lowest BCUT2D eigenvalue weighted by Crippen LogP contribution is -2.49. The van der Waals surface area contributed by atoms with Gasteiger partial charge in [0.1, 0.15) is 0 Å². The third kappa shape index (κ3) is 3.28. The molecule has 0 radical (unpaired) electrons. The topological polar surface area (TPSA) is 12.0 Å². The summed E-state index contributed by atoms with van der Waals surface area (Å²) in [4.78, 5) is 0. The molecule has 1 nitrogen and oxygen atoms in total. The molecular weight excluding hydrogens is 310 g/mol. The third-order valence-corrected chi connectivity index (χ3v) is 5.89. The second kappa shape index (κ2) is 6.19. The van der Waals surface area contributed by atoms with Crippen LogP contribution < -0.4 is 5.32 Å². The van der Waals surface area contributed by atoms with E-state index in [1.807, 2.05) is 0 Å². The van der Waals surface area contributed by atoms with Crippen molar-refractivity contribution in [1.82, 2.24) is 5.32 Å². The van der Waals surface area contributed by atoms with E-state index in [0.717, 1.165) is 29.8 Å². The molecule has 2 saturated carbocycles. The molecule has 3 atom stereocenters. The molecule has 0 aromatic heterocycles. The van der Waals surface area contributed by atoms with E-state index in [0.29, 0.717) is 0 Å². The maximum absolute atomic E-state index is 3.93. The van der Waals surface area contributed by atoms with Crippen LogP contribution in [0, 0.1) is 11.8 Å². The van der Waals surface area contributed by atoms with Crippen LogP contribution in [0.2, 0.25) is 0 Å². The average molecular weight is 336 g/mol. The molecule has 2 aliphatic carbocycles. The molecule has 2 heteroatoms. The number of benzene rings is 1. The van der Waals surface area contributed by atoms with Gasteiger partial charge in [-0.1, -0.05) is 41.9 Å². The number of hydrogen-bond acceptors (Lipinski definition) is 1. The fourth-order valence-electron chi connectivity index (χ4n) is 3.98. The fourth-order valence-corrected chi connectivity index (χ4v) is 4.24. The summed E-state index contributed by atoms with van der Waals surface area (Å²) in [6.07, 6.45) is 6.83. The van der Waals surface area contributed by atoms with E-state index in [4.69, 9.17) is 0 Å². The number of hydrogen-bond donors (Lipinski definition) is 1. The van der Waals surface area contributed by atoms with Crippen molar-refractivity contribution in [2.75, 3.05) is 0 Å². The molecule has 110 valence electrons. The zero-order chi connectivity index (χ0) is 14.1. The van der Waals surface area contributed by atoms with Gasteiger partial charge in [-0.2, -0.15) is 0 Å². The van der Waals surface area contributed by atoms with Crippen molar-refractivity contribution in [3.63, 3.8) is 0 Å². The molecule has 3 unspecified atom stereocenters. The number of rotatable bonds is 3. The van der Waals surface area contributed by atoms with E-state index in [9.17, 15) is 0 Å². The zero-order valence-electron chi connectivity index (χ0n) is 12.6. The highest BCUT2D eigenvalue weighted by Crippen LogP contribution is 2.39. The predicted octanol–water partition coefficient (Wildman–Crippen LogP) is 5.11. The summed E-state index contributed by atoms with van der Waals surface area (Å²) in [7, 11) is 0. The Morgan fingerprint density at radius 3 is 2.35 bits per heavy atom. The van der Waals surface area contributed by atoms with Gasteiger partial charge in [-0.05, 0) is 67.6 Å². The van der Waals surface area contributed by atoms with Crippen molar-refractivity contribution >= 4 is 15.9 Å². The highest BCUT2D eigenvalue weighted by Gasteiger charge is 2.34. The van der Waals surface area contributed by atoms with Gasteiger partial charge in [0.05, 0.1) is 0 Å². The molecule has 1 aromatic carbocycles.